The molecule has 16 aromatic heterocycles. The Hall–Kier alpha value is -19.9. The summed E-state index contributed by atoms with van der Waals surface area (Å²) < 4.78 is 18.8. The monoisotopic (exact) mass is 1840 g/mol. The number of fused-ring (bicyclic) bond motifs is 40. The second-order valence-corrected chi connectivity index (χ2v) is 36.2. The molecule has 0 aliphatic carbocycles. The lowest BCUT2D eigenvalue weighted by Crippen LogP contribution is -2.02. The molecule has 0 saturated carbocycles. The number of hydrogen-bond donors (Lipinski definition) is 0. The molecule has 0 saturated heterocycles. The summed E-state index contributed by atoms with van der Waals surface area (Å²) in [5, 5.41) is 23.6. The average Bonchev–Trinajstić information content (AvgIpc) is 1.54. The summed E-state index contributed by atoms with van der Waals surface area (Å²) >= 11 is 0. The van der Waals surface area contributed by atoms with Crippen LogP contribution in [-0.4, -0.2) is 81.4 Å². The smallest absolute Gasteiger partial charge is 0.234 e. The maximum atomic E-state index is 4.97. The van der Waals surface area contributed by atoms with Crippen molar-refractivity contribution in [1.82, 2.24) is 81.4 Å². The Bertz CT molecular complexity index is 8960. The van der Waals surface area contributed by atoms with Crippen molar-refractivity contribution in [3.8, 4) is 45.9 Å². The predicted molar refractivity (Wildman–Crippen MR) is 591 cm³/mol. The van der Waals surface area contributed by atoms with E-state index in [2.05, 4.69) is 417 Å². The quantitative estimate of drug-likeness (QED) is 0.144. The zero-order chi connectivity index (χ0) is 94.6. The van der Waals surface area contributed by atoms with Crippen molar-refractivity contribution in [2.75, 3.05) is 0 Å². The van der Waals surface area contributed by atoms with E-state index in [0.717, 1.165) is 160 Å². The molecule has 0 atom stereocenters. The molecule has 0 N–H and O–H groups in total. The molecule has 17 heteroatoms. The number of benzene rings is 16. The summed E-state index contributed by atoms with van der Waals surface area (Å²) in [6, 6.07) is 145. The van der Waals surface area contributed by atoms with Crippen LogP contribution in [0.2, 0.25) is 0 Å². The van der Waals surface area contributed by atoms with Crippen LogP contribution in [0.25, 0.3) is 264 Å². The van der Waals surface area contributed by atoms with Gasteiger partial charge in [-0.05, 0) is 164 Å². The molecule has 0 aliphatic heterocycles. The first-order chi connectivity index (χ1) is 71.7. The normalized spacial score (nSPS) is 11.9. The maximum Gasteiger partial charge on any atom is 0.234 e. The van der Waals surface area contributed by atoms with Gasteiger partial charge in [0, 0.05) is 198 Å². The first-order valence-corrected chi connectivity index (χ1v) is 48.3. The Balaban J connectivity index is 0.0000000913. The molecular weight excluding hydrogens is 1760 g/mol. The molecule has 0 bridgehead atoms. The van der Waals surface area contributed by atoms with E-state index in [1.165, 1.54) is 97.6 Å². The van der Waals surface area contributed by atoms with Crippen LogP contribution in [0.15, 0.2) is 481 Å². The van der Waals surface area contributed by atoms with Gasteiger partial charge in [-0.25, -0.2) is 15.0 Å². The number of aromatic nitrogens is 17. The van der Waals surface area contributed by atoms with E-state index in [0.29, 0.717) is 5.95 Å². The van der Waals surface area contributed by atoms with Gasteiger partial charge in [0.05, 0.1) is 122 Å². The standard InChI is InChI=1S/3C32H20N4.C31H19N5/c1-2-11-21(12-3-1)35-25-16-6-5-14-23(25)29-30-24(15-10-20-34-30)28-22-13-4-7-17-26(22)36(31(28)32(29)35)27-18-8-9-19-33-27;1-2-10-21(11-3-1)35-27-17-7-5-14-24(27)29-30-25(15-9-19-34-30)28-23-13-4-6-16-26(23)36(31(28)32(29)35)22-12-8-18-33-20-22;1-2-9-21(10-3-1)35-27-15-7-5-12-24(27)29-30-25(13-8-18-34-30)28-23-11-4-6-14-26(23)36(31(28)32(29)35)22-16-19-33-20-17-22;1-2-10-20(11-3-1)35-24-15-6-5-13-22(24)27-28-23(14-8-17-32-28)26-21-12-4-7-16-25(21)36(29(26)30(27)35)31-33-18-9-19-34-31/h3*1-20H;1-19H. The van der Waals surface area contributed by atoms with Gasteiger partial charge in [-0.1, -0.05) is 249 Å². The zero-order valence-corrected chi connectivity index (χ0v) is 77.2. The largest absolute Gasteiger partial charge is 0.307 e. The Morgan fingerprint density at radius 2 is 0.361 bits per heavy atom. The molecule has 144 heavy (non-hydrogen) atoms. The lowest BCUT2D eigenvalue weighted by atomic mass is 10.0. The molecular formula is C127H79N17. The van der Waals surface area contributed by atoms with Crippen LogP contribution in [-0.2, 0) is 0 Å². The first kappa shape index (κ1) is 81.3. The van der Waals surface area contributed by atoms with E-state index in [-0.39, 0.29) is 0 Å². The Morgan fingerprint density at radius 3 is 0.674 bits per heavy atom. The minimum atomic E-state index is 0.651. The van der Waals surface area contributed by atoms with Crippen LogP contribution < -0.4 is 0 Å². The number of nitrogens with zero attached hydrogens (tertiary/aromatic N) is 17. The van der Waals surface area contributed by atoms with Gasteiger partial charge >= 0.3 is 0 Å². The highest BCUT2D eigenvalue weighted by atomic mass is 15.2. The van der Waals surface area contributed by atoms with Gasteiger partial charge in [0.1, 0.15) is 5.82 Å². The van der Waals surface area contributed by atoms with E-state index in [4.69, 9.17) is 34.9 Å². The minimum Gasteiger partial charge on any atom is -0.307 e. The fourth-order valence-corrected chi connectivity index (χ4v) is 23.2. The molecule has 32 rings (SSSR count). The molecule has 16 aromatic carbocycles. The maximum absolute atomic E-state index is 4.97. The van der Waals surface area contributed by atoms with Crippen LogP contribution in [0.3, 0.4) is 0 Å². The molecule has 16 heterocycles. The van der Waals surface area contributed by atoms with Crippen molar-refractivity contribution in [1.29, 1.82) is 0 Å². The second-order valence-electron chi connectivity index (χ2n) is 36.2. The van der Waals surface area contributed by atoms with E-state index < -0.39 is 0 Å². The average molecular weight is 1840 g/mol. The number of pyridine rings is 7. The molecule has 0 fully saturated rings. The molecule has 0 radical (unpaired) electrons. The van der Waals surface area contributed by atoms with Gasteiger partial charge < -0.3 is 27.4 Å². The van der Waals surface area contributed by atoms with Crippen molar-refractivity contribution in [3.63, 3.8) is 0 Å². The van der Waals surface area contributed by atoms with E-state index in [1.54, 1.807) is 12.4 Å². The molecule has 17 nitrogen and oxygen atoms in total. The lowest BCUT2D eigenvalue weighted by Gasteiger charge is -2.13. The Morgan fingerprint density at radius 1 is 0.132 bits per heavy atom. The summed E-state index contributed by atoms with van der Waals surface area (Å²) in [6.07, 6.45) is 20.6. The Kier molecular flexibility index (Phi) is 18.6. The van der Waals surface area contributed by atoms with Crippen LogP contribution in [0, 0.1) is 0 Å². The van der Waals surface area contributed by atoms with Gasteiger partial charge in [-0.15, -0.1) is 0 Å². The number of rotatable bonds is 8. The third-order valence-electron chi connectivity index (χ3n) is 28.7. The summed E-state index contributed by atoms with van der Waals surface area (Å²) in [4.78, 5) is 42.8. The van der Waals surface area contributed by atoms with E-state index in [1.807, 2.05) is 98.2 Å². The van der Waals surface area contributed by atoms with Crippen molar-refractivity contribution < 1.29 is 0 Å². The molecule has 32 aromatic rings. The Labute approximate surface area is 820 Å². The molecule has 0 spiro atoms. The van der Waals surface area contributed by atoms with Crippen LogP contribution in [0.1, 0.15) is 0 Å². The number of hydrogen-bond acceptors (Lipinski definition) is 9. The van der Waals surface area contributed by atoms with E-state index >= 15 is 0 Å². The topological polar surface area (TPSA) is 155 Å². The van der Waals surface area contributed by atoms with Gasteiger partial charge in [-0.3, -0.25) is 39.0 Å². The molecule has 672 valence electrons. The summed E-state index contributed by atoms with van der Waals surface area (Å²) in [6.45, 7) is 0. The second kappa shape index (κ2) is 32.9. The summed E-state index contributed by atoms with van der Waals surface area (Å²) in [5.74, 6) is 1.55. The molecule has 0 amide bonds. The fourth-order valence-electron chi connectivity index (χ4n) is 23.2. The SMILES string of the molecule is c1ccc(-n2c3ccccc3c3c4ncccc4c4c5ccccc5n(-c5ccccn5)c4c32)cc1.c1ccc(-n2c3ccccc3c3c4ncccc4c4c5ccccc5n(-c5cccnc5)c4c32)cc1.c1ccc(-n2c3ccccc3c3c4ncccc4c4c5ccccc5n(-c5ccncc5)c4c32)cc1.c1ccc(-n2c3ccccc3c3c4ncccc4c4c5ccccc5n(-c5ncccn5)c4c32)cc1. The third kappa shape index (κ3) is 12.1. The summed E-state index contributed by atoms with van der Waals surface area (Å²) in [5.41, 5.74) is 29.0. The highest BCUT2D eigenvalue weighted by Gasteiger charge is 2.32. The highest BCUT2D eigenvalue weighted by Crippen LogP contribution is 2.53. The first-order valence-electron chi connectivity index (χ1n) is 48.3. The molecule has 0 aliphatic rings. The van der Waals surface area contributed by atoms with Crippen molar-refractivity contribution in [2.45, 2.75) is 0 Å². The summed E-state index contributed by atoms with van der Waals surface area (Å²) in [7, 11) is 0. The van der Waals surface area contributed by atoms with Gasteiger partial charge in [0.2, 0.25) is 5.95 Å². The highest BCUT2D eigenvalue weighted by molar-refractivity contribution is 6.40. The lowest BCUT2D eigenvalue weighted by molar-refractivity contribution is 0.988. The van der Waals surface area contributed by atoms with Crippen molar-refractivity contribution >= 4 is 218 Å². The fraction of sp³-hybridized carbons (Fsp3) is 0. The van der Waals surface area contributed by atoms with E-state index in [9.17, 15) is 0 Å². The van der Waals surface area contributed by atoms with Gasteiger partial charge in [-0.2, -0.15) is 0 Å². The zero-order valence-electron chi connectivity index (χ0n) is 77.2. The van der Waals surface area contributed by atoms with Crippen LogP contribution in [0.5, 0.6) is 0 Å². The minimum absolute atomic E-state index is 0.651. The number of para-hydroxylation sites is 12. The third-order valence-corrected chi connectivity index (χ3v) is 28.7. The molecule has 0 unspecified atom stereocenters. The predicted octanol–water partition coefficient (Wildman–Crippen LogP) is 30.7. The van der Waals surface area contributed by atoms with Crippen molar-refractivity contribution in [2.24, 2.45) is 0 Å². The van der Waals surface area contributed by atoms with Crippen molar-refractivity contribution in [3.05, 3.63) is 481 Å². The van der Waals surface area contributed by atoms with Crippen LogP contribution in [0.4, 0.5) is 0 Å². The van der Waals surface area contributed by atoms with Gasteiger partial charge in [0.15, 0.2) is 0 Å². The van der Waals surface area contributed by atoms with Gasteiger partial charge in [0.25, 0.3) is 0 Å². The van der Waals surface area contributed by atoms with Crippen LogP contribution >= 0.6 is 0 Å².